The third-order valence-corrected chi connectivity index (χ3v) is 5.77. The molecule has 0 atom stereocenters. The zero-order chi connectivity index (χ0) is 27.5. The van der Waals surface area contributed by atoms with Gasteiger partial charge in [-0.2, -0.15) is 0 Å². The smallest absolute Gasteiger partial charge is 0.149 e. The second-order valence-electron chi connectivity index (χ2n) is 8.04. The third-order valence-electron chi connectivity index (χ3n) is 5.40. The van der Waals surface area contributed by atoms with Crippen LogP contribution < -0.4 is 16.8 Å². The maximum atomic E-state index is 12.8. The summed E-state index contributed by atoms with van der Waals surface area (Å²) in [5, 5.41) is 4.14. The van der Waals surface area contributed by atoms with E-state index in [2.05, 4.69) is 24.2 Å². The zero-order valence-corrected chi connectivity index (χ0v) is 23.6. The number of anilines is 1. The number of rotatable bonds is 10. The lowest BCUT2D eigenvalue weighted by Gasteiger charge is -2.15. The number of benzene rings is 2. The Balaban J connectivity index is 0.000000735. The molecule has 0 saturated heterocycles. The fourth-order valence-corrected chi connectivity index (χ4v) is 3.72. The van der Waals surface area contributed by atoms with Crippen LogP contribution in [0.1, 0.15) is 84.3 Å². The van der Waals surface area contributed by atoms with Crippen molar-refractivity contribution in [3.8, 4) is 0 Å². The van der Waals surface area contributed by atoms with Gasteiger partial charge in [0.15, 0.2) is 0 Å². The SMILES string of the molecule is CC.CCCCC/C(N)=C(\CC)C(=NC)NCc1ccccc1Cl.CCCc1cc(F)cc(F)c1N. The van der Waals surface area contributed by atoms with Gasteiger partial charge < -0.3 is 16.8 Å². The number of nitrogen functional groups attached to an aromatic ring is 1. The molecule has 2 aromatic rings. The van der Waals surface area contributed by atoms with Gasteiger partial charge in [0.05, 0.1) is 5.69 Å². The predicted molar refractivity (Wildman–Crippen MR) is 153 cm³/mol. The maximum Gasteiger partial charge on any atom is 0.149 e. The summed E-state index contributed by atoms with van der Waals surface area (Å²) >= 11 is 6.19. The van der Waals surface area contributed by atoms with E-state index in [0.29, 0.717) is 18.5 Å². The first-order valence-electron chi connectivity index (χ1n) is 12.9. The van der Waals surface area contributed by atoms with Crippen LogP contribution >= 0.6 is 11.6 Å². The van der Waals surface area contributed by atoms with E-state index in [-0.39, 0.29) is 5.69 Å². The van der Waals surface area contributed by atoms with Crippen molar-refractivity contribution in [1.82, 2.24) is 5.32 Å². The molecule has 0 aromatic heterocycles. The average molecular weight is 523 g/mol. The molecule has 202 valence electrons. The normalized spacial score (nSPS) is 11.5. The van der Waals surface area contributed by atoms with E-state index in [0.717, 1.165) is 59.4 Å². The van der Waals surface area contributed by atoms with Gasteiger partial charge in [-0.25, -0.2) is 8.78 Å². The van der Waals surface area contributed by atoms with Crippen LogP contribution in [0.4, 0.5) is 14.5 Å². The minimum atomic E-state index is -0.668. The van der Waals surface area contributed by atoms with Gasteiger partial charge in [-0.05, 0) is 48.9 Å². The van der Waals surface area contributed by atoms with Gasteiger partial charge in [-0.15, -0.1) is 0 Å². The fraction of sp³-hybridized carbons (Fsp3) is 0.483. The number of amidine groups is 1. The molecule has 2 rings (SSSR count). The van der Waals surface area contributed by atoms with Gasteiger partial charge in [-0.1, -0.05) is 83.7 Å². The van der Waals surface area contributed by atoms with E-state index in [4.69, 9.17) is 23.1 Å². The van der Waals surface area contributed by atoms with Gasteiger partial charge in [0.1, 0.15) is 17.5 Å². The minimum absolute atomic E-state index is 0.0678. The van der Waals surface area contributed by atoms with Crippen molar-refractivity contribution in [2.45, 2.75) is 86.1 Å². The molecule has 7 heteroatoms. The van der Waals surface area contributed by atoms with Gasteiger partial charge in [0.2, 0.25) is 0 Å². The summed E-state index contributed by atoms with van der Waals surface area (Å²) in [7, 11) is 1.80. The lowest BCUT2D eigenvalue weighted by Crippen LogP contribution is -2.27. The van der Waals surface area contributed by atoms with Crippen molar-refractivity contribution < 1.29 is 8.78 Å². The second-order valence-corrected chi connectivity index (χ2v) is 8.45. The first-order valence-corrected chi connectivity index (χ1v) is 13.3. The van der Waals surface area contributed by atoms with E-state index in [1.54, 1.807) is 7.05 Å². The number of aryl methyl sites for hydroxylation is 1. The molecule has 36 heavy (non-hydrogen) atoms. The highest BCUT2D eigenvalue weighted by molar-refractivity contribution is 6.31. The number of unbranched alkanes of at least 4 members (excludes halogenated alkanes) is 2. The minimum Gasteiger partial charge on any atom is -0.402 e. The number of allylic oxidation sites excluding steroid dienone is 1. The van der Waals surface area contributed by atoms with Crippen LogP contribution in [0.2, 0.25) is 5.02 Å². The topological polar surface area (TPSA) is 76.4 Å². The molecule has 0 amide bonds. The Morgan fingerprint density at radius 2 is 1.67 bits per heavy atom. The highest BCUT2D eigenvalue weighted by Crippen LogP contribution is 2.19. The number of aliphatic imine (C=N–C) groups is 1. The number of hydrogen-bond acceptors (Lipinski definition) is 3. The fourth-order valence-electron chi connectivity index (χ4n) is 3.52. The van der Waals surface area contributed by atoms with Gasteiger partial charge >= 0.3 is 0 Å². The second kappa shape index (κ2) is 19.6. The molecule has 0 fully saturated rings. The molecule has 0 unspecified atom stereocenters. The van der Waals surface area contributed by atoms with E-state index in [1.807, 2.05) is 45.0 Å². The lowest BCUT2D eigenvalue weighted by molar-refractivity contribution is 0.582. The van der Waals surface area contributed by atoms with E-state index >= 15 is 0 Å². The van der Waals surface area contributed by atoms with Crippen LogP contribution in [0.5, 0.6) is 0 Å². The summed E-state index contributed by atoms with van der Waals surface area (Å²) in [6.45, 7) is 10.9. The molecule has 0 radical (unpaired) electrons. The largest absolute Gasteiger partial charge is 0.402 e. The summed E-state index contributed by atoms with van der Waals surface area (Å²) in [5.74, 6) is -0.361. The molecule has 0 aliphatic carbocycles. The molecule has 2 aromatic carbocycles. The van der Waals surface area contributed by atoms with Crippen LogP contribution in [0.3, 0.4) is 0 Å². The van der Waals surface area contributed by atoms with Crippen molar-refractivity contribution in [2.75, 3.05) is 12.8 Å². The van der Waals surface area contributed by atoms with E-state index in [1.165, 1.54) is 18.9 Å². The lowest BCUT2D eigenvalue weighted by atomic mass is 10.0. The third kappa shape index (κ3) is 11.9. The van der Waals surface area contributed by atoms with Crippen LogP contribution in [0.25, 0.3) is 0 Å². The standard InChI is InChI=1S/C18H28ClN3.C9H11F2N.C2H6/c1-4-6-7-12-17(20)15(5-2)18(21-3)22-13-14-10-8-9-11-16(14)19;1-2-3-6-4-7(10)5-8(11)9(6)12;1-2/h8-11H,4-7,12-13,20H2,1-3H3,(H,21,22);4-5H,2-3,12H2,1H3;1-2H3/b17-15-;;. The molecule has 4 nitrogen and oxygen atoms in total. The summed E-state index contributed by atoms with van der Waals surface area (Å²) in [6, 6.07) is 9.92. The summed E-state index contributed by atoms with van der Waals surface area (Å²) < 4.78 is 25.4. The predicted octanol–water partition coefficient (Wildman–Crippen LogP) is 8.19. The first-order chi connectivity index (χ1) is 17.3. The monoisotopic (exact) mass is 522 g/mol. The molecule has 5 N–H and O–H groups in total. The van der Waals surface area contributed by atoms with Gasteiger partial charge in [-0.3, -0.25) is 4.99 Å². The Bertz CT molecular complexity index is 958. The maximum absolute atomic E-state index is 12.8. The van der Waals surface area contributed by atoms with Crippen molar-refractivity contribution in [2.24, 2.45) is 10.7 Å². The van der Waals surface area contributed by atoms with E-state index in [9.17, 15) is 8.78 Å². The molecule has 0 aliphatic rings. The molecule has 0 bridgehead atoms. The molecular formula is C29H45ClF2N4. The van der Waals surface area contributed by atoms with Crippen molar-refractivity contribution in [1.29, 1.82) is 0 Å². The number of nitrogens with one attached hydrogen (secondary N) is 1. The quantitative estimate of drug-likeness (QED) is 0.127. The highest BCUT2D eigenvalue weighted by atomic mass is 35.5. The van der Waals surface area contributed by atoms with Crippen molar-refractivity contribution >= 4 is 23.1 Å². The highest BCUT2D eigenvalue weighted by Gasteiger charge is 2.10. The summed E-state index contributed by atoms with van der Waals surface area (Å²) in [4.78, 5) is 4.38. The number of nitrogens with two attached hydrogens (primary N) is 2. The zero-order valence-electron chi connectivity index (χ0n) is 22.9. The number of halogens is 3. The van der Waals surface area contributed by atoms with Crippen LogP contribution in [-0.2, 0) is 13.0 Å². The van der Waals surface area contributed by atoms with Gasteiger partial charge in [0, 0.05) is 36.0 Å². The average Bonchev–Trinajstić information content (AvgIpc) is 2.87. The Morgan fingerprint density at radius 3 is 2.22 bits per heavy atom. The molecule has 0 saturated carbocycles. The van der Waals surface area contributed by atoms with E-state index < -0.39 is 11.6 Å². The summed E-state index contributed by atoms with van der Waals surface area (Å²) in [6.07, 6.45) is 6.79. The Morgan fingerprint density at radius 1 is 1.00 bits per heavy atom. The van der Waals surface area contributed by atoms with Crippen molar-refractivity contribution in [3.63, 3.8) is 0 Å². The molecule has 0 spiro atoms. The Kier molecular flexibility index (Phi) is 18.2. The molecule has 0 aliphatic heterocycles. The van der Waals surface area contributed by atoms with Gasteiger partial charge in [0.25, 0.3) is 0 Å². The number of nitrogens with zero attached hydrogens (tertiary/aromatic N) is 1. The summed E-state index contributed by atoms with van der Waals surface area (Å²) in [5.41, 5.74) is 15.4. The Labute approximate surface area is 222 Å². The van der Waals surface area contributed by atoms with Crippen LogP contribution in [0, 0.1) is 11.6 Å². The van der Waals surface area contributed by atoms with Crippen molar-refractivity contribution in [3.05, 3.63) is 75.5 Å². The molecular weight excluding hydrogens is 478 g/mol. The molecule has 0 heterocycles. The van der Waals surface area contributed by atoms with Crippen LogP contribution in [0.15, 0.2) is 52.7 Å². The first kappa shape index (κ1) is 33.4. The number of hydrogen-bond donors (Lipinski definition) is 3. The Hall–Kier alpha value is -2.60. The van der Waals surface area contributed by atoms with Crippen LogP contribution in [-0.4, -0.2) is 12.9 Å².